The van der Waals surface area contributed by atoms with E-state index in [0.29, 0.717) is 71.0 Å². The van der Waals surface area contributed by atoms with Gasteiger partial charge in [-0.3, -0.25) is 0 Å². The summed E-state index contributed by atoms with van der Waals surface area (Å²) in [5, 5.41) is 0. The lowest BCUT2D eigenvalue weighted by atomic mass is 9.65. The Balaban J connectivity index is 0.721. The van der Waals surface area contributed by atoms with Crippen molar-refractivity contribution < 1.29 is 0 Å². The molecule has 0 radical (unpaired) electrons. The fourth-order valence-corrected chi connectivity index (χ4v) is 28.9. The van der Waals surface area contributed by atoms with Crippen molar-refractivity contribution in [3.05, 3.63) is 297 Å². The molecule has 0 saturated heterocycles. The third kappa shape index (κ3) is 17.4. The maximum absolute atomic E-state index is 2.75. The minimum absolute atomic E-state index is 0.0176. The number of hydrogen-bond donors (Lipinski definition) is 0. The second-order valence-corrected chi connectivity index (χ2v) is 48.3. The molecule has 0 heteroatoms. The van der Waals surface area contributed by atoms with Gasteiger partial charge in [0.15, 0.2) is 0 Å². The zero-order valence-corrected chi connectivity index (χ0v) is 90.8. The molecule has 6 aliphatic rings. The molecule has 12 atom stereocenters. The fraction of sp³-hybridized carbons (Fsp3) is 0.482. The molecule has 0 aromatic heterocycles. The summed E-state index contributed by atoms with van der Waals surface area (Å²) in [4.78, 5) is 0. The van der Waals surface area contributed by atoms with Gasteiger partial charge < -0.3 is 0 Å². The quantitative estimate of drug-likeness (QED) is 0.0358. The Labute approximate surface area is 843 Å². The number of fused-ring (bicyclic) bond motifs is 18. The summed E-state index contributed by atoms with van der Waals surface area (Å²) in [6.45, 7) is 62.0. The summed E-state index contributed by atoms with van der Waals surface area (Å²) < 4.78 is 0. The van der Waals surface area contributed by atoms with Crippen LogP contribution in [-0.2, 0) is 32.5 Å². The smallest absolute Gasteiger partial charge is 0.0220 e. The molecule has 0 bridgehead atoms. The minimum Gasteiger partial charge on any atom is -0.0651 e. The van der Waals surface area contributed by atoms with Gasteiger partial charge in [0.25, 0.3) is 0 Å². The van der Waals surface area contributed by atoms with Crippen molar-refractivity contribution in [3.63, 3.8) is 0 Å². The Morgan fingerprint density at radius 2 is 0.266 bits per heavy atom. The van der Waals surface area contributed by atoms with Gasteiger partial charge in [-0.1, -0.05) is 413 Å². The zero-order valence-electron chi connectivity index (χ0n) is 90.8. The van der Waals surface area contributed by atoms with Crippen molar-refractivity contribution >= 4 is 0 Å². The molecule has 12 unspecified atom stereocenters. The largest absolute Gasteiger partial charge is 0.0651 e. The highest BCUT2D eigenvalue weighted by Crippen LogP contribution is 2.66. The molecule has 0 aliphatic heterocycles. The van der Waals surface area contributed by atoms with E-state index < -0.39 is 0 Å². The molecule has 0 N–H and O–H groups in total. The van der Waals surface area contributed by atoms with Crippen LogP contribution in [0.3, 0.4) is 0 Å². The molecule has 6 aliphatic carbocycles. The predicted octanol–water partition coefficient (Wildman–Crippen LogP) is 41.2. The molecular weight excluding hydrogens is 1670 g/mol. The number of rotatable bonds is 41. The number of aryl methyl sites for hydroxylation is 1. The van der Waals surface area contributed by atoms with E-state index in [0.717, 1.165) is 103 Å². The SMILES string of the molecule is CCC(C)CC1(CC(C)CC)c2ccccc2-c2ccc(-c3ccc4c(c3)C(CC(C)CC)(CC(C)CC)c3cc(-c5ccc6c(c5)C(CC(C)CC)(CC(C)CC)c5cc(-c7ccc8c(c7)C(CC(C)CC)(CC(C)CC)c7cc(-c9ccc%10c(c9)C(CC(C)CC)(CC(C)CC)c9cc(-c%11ccc%12c(c%11)C(CC(C)CC)(CC(C)CC)c%11cc(C)ccc%11-%12)ccc9-%10)ccc7-8)ccc5-6)ccc3-4)cc21. The predicted molar refractivity (Wildman–Crippen MR) is 605 cm³/mol. The molecule has 0 nitrogen and oxygen atoms in total. The molecule has 18 rings (SSSR count). The van der Waals surface area contributed by atoms with Gasteiger partial charge in [0.1, 0.15) is 0 Å². The summed E-state index contributed by atoms with van der Waals surface area (Å²) in [6, 6.07) is 95.1. The van der Waals surface area contributed by atoms with Crippen LogP contribution < -0.4 is 0 Å². The minimum atomic E-state index is -0.181. The summed E-state index contributed by atoms with van der Waals surface area (Å²) in [7, 11) is 0. The van der Waals surface area contributed by atoms with Crippen molar-refractivity contribution in [2.75, 3.05) is 0 Å². The van der Waals surface area contributed by atoms with E-state index in [1.807, 2.05) is 0 Å². The summed E-state index contributed by atoms with van der Waals surface area (Å²) in [5.41, 5.74) is 50.3. The van der Waals surface area contributed by atoms with Gasteiger partial charge in [-0.2, -0.15) is 0 Å². The van der Waals surface area contributed by atoms with Crippen LogP contribution in [0, 0.1) is 77.9 Å². The first-order valence-corrected chi connectivity index (χ1v) is 56.6. The highest BCUT2D eigenvalue weighted by atomic mass is 14.6. The monoisotopic (exact) mass is 1840 g/mol. The van der Waals surface area contributed by atoms with Crippen molar-refractivity contribution in [1.29, 1.82) is 0 Å². The maximum atomic E-state index is 2.75. The highest BCUT2D eigenvalue weighted by molar-refractivity contribution is 5.95. The summed E-state index contributed by atoms with van der Waals surface area (Å²) in [6.07, 6.45) is 27.7. The van der Waals surface area contributed by atoms with Crippen LogP contribution in [0.5, 0.6) is 0 Å². The van der Waals surface area contributed by atoms with E-state index in [2.05, 4.69) is 398 Å². The lowest BCUT2D eigenvalue weighted by molar-refractivity contribution is 0.308. The second kappa shape index (κ2) is 40.1. The number of benzene rings is 12. The highest BCUT2D eigenvalue weighted by Gasteiger charge is 2.53. The lowest BCUT2D eigenvalue weighted by Gasteiger charge is -2.38. The van der Waals surface area contributed by atoms with Crippen molar-refractivity contribution in [3.8, 4) is 122 Å². The Morgan fingerprint density at radius 1 is 0.144 bits per heavy atom. The molecule has 0 heterocycles. The van der Waals surface area contributed by atoms with Crippen LogP contribution >= 0.6 is 0 Å². The Bertz CT molecular complexity index is 6260. The molecule has 728 valence electrons. The Morgan fingerprint density at radius 3 is 0.417 bits per heavy atom. The molecule has 0 saturated carbocycles. The number of hydrogen-bond acceptors (Lipinski definition) is 0. The molecule has 0 fully saturated rings. The van der Waals surface area contributed by atoms with Crippen molar-refractivity contribution in [2.45, 2.75) is 360 Å². The first-order valence-electron chi connectivity index (χ1n) is 56.6. The zero-order chi connectivity index (χ0) is 98.3. The Kier molecular flexibility index (Phi) is 28.8. The van der Waals surface area contributed by atoms with Gasteiger partial charge in [-0.15, -0.1) is 0 Å². The van der Waals surface area contributed by atoms with E-state index in [-0.39, 0.29) is 32.5 Å². The van der Waals surface area contributed by atoms with E-state index in [1.54, 1.807) is 66.8 Å². The molecule has 12 aromatic carbocycles. The summed E-state index contributed by atoms with van der Waals surface area (Å²) in [5.74, 6) is 6.75. The standard InChI is InChI=1S/C139H172/c1-26-87(13)75-134(76-88(14)27-2)122-41-39-38-40-110(122)112-54-43-100(65-124(112)134)102-45-56-114-116-58-47-104(69-128(116)136(126(114)67-102,79-91(17)30-5)80-92(18)31-6)106-49-60-118-120-62-51-108(73-132(120)138(130(118)71-106,83-95(21)34-9)84-96(22)35-10)109-52-63-121-119-61-50-107(72-131(119)139(133(121)74-109,85-97(23)36-11)86-98(24)37-12)105-48-59-117-115-57-46-103(68-127(115)137(129(117)70-105,81-93(19)32-7)82-94(20)33-8)101-44-55-113-111-53-42-99(25)64-123(111)135(125(113)66-101,77-89(15)28-3)78-90(16)29-4/h38-74,87-98H,26-37,75-86H2,1-25H3. The van der Waals surface area contributed by atoms with Gasteiger partial charge in [0.2, 0.25) is 0 Å². The molecule has 0 spiro atoms. The Hall–Kier alpha value is -9.36. The molecule has 139 heavy (non-hydrogen) atoms. The van der Waals surface area contributed by atoms with Crippen LogP contribution in [0.4, 0.5) is 0 Å². The lowest BCUT2D eigenvalue weighted by Crippen LogP contribution is -2.31. The van der Waals surface area contributed by atoms with Gasteiger partial charge in [-0.25, -0.2) is 0 Å². The van der Waals surface area contributed by atoms with Gasteiger partial charge in [0.05, 0.1) is 0 Å². The maximum Gasteiger partial charge on any atom is 0.0220 e. The van der Waals surface area contributed by atoms with Crippen LogP contribution in [-0.4, -0.2) is 0 Å². The average molecular weight is 1840 g/mol. The normalized spacial score (nSPS) is 22.2. The summed E-state index contributed by atoms with van der Waals surface area (Å²) >= 11 is 0. The van der Waals surface area contributed by atoms with Gasteiger partial charge in [-0.05, 0) is 405 Å². The van der Waals surface area contributed by atoms with Gasteiger partial charge >= 0.3 is 0 Å². The van der Waals surface area contributed by atoms with Gasteiger partial charge in [0, 0.05) is 32.5 Å². The second-order valence-electron chi connectivity index (χ2n) is 48.3. The van der Waals surface area contributed by atoms with E-state index >= 15 is 0 Å². The van der Waals surface area contributed by atoms with Crippen LogP contribution in [0.2, 0.25) is 0 Å². The van der Waals surface area contributed by atoms with E-state index in [1.165, 1.54) is 179 Å². The third-order valence-corrected chi connectivity index (χ3v) is 38.6. The first-order chi connectivity index (χ1) is 66.9. The van der Waals surface area contributed by atoms with Crippen molar-refractivity contribution in [1.82, 2.24) is 0 Å². The first kappa shape index (κ1) is 99.8. The molecular formula is C139H172. The fourth-order valence-electron chi connectivity index (χ4n) is 28.9. The molecule has 12 aromatic rings. The van der Waals surface area contributed by atoms with Crippen LogP contribution in [0.15, 0.2) is 224 Å². The van der Waals surface area contributed by atoms with Crippen LogP contribution in [0.25, 0.3) is 122 Å². The topological polar surface area (TPSA) is 0 Å². The average Bonchev–Trinajstić information content (AvgIpc) is 1.56. The molecule has 0 amide bonds. The van der Waals surface area contributed by atoms with E-state index in [9.17, 15) is 0 Å². The van der Waals surface area contributed by atoms with E-state index in [4.69, 9.17) is 0 Å². The third-order valence-electron chi connectivity index (χ3n) is 38.6. The van der Waals surface area contributed by atoms with Crippen molar-refractivity contribution in [2.24, 2.45) is 71.0 Å². The van der Waals surface area contributed by atoms with Crippen LogP contribution in [0.1, 0.15) is 393 Å².